The Bertz CT molecular complexity index is 453. The Morgan fingerprint density at radius 1 is 1.71 bits per heavy atom. The Kier molecular flexibility index (Phi) is 8.82. The van der Waals surface area contributed by atoms with Gasteiger partial charge in [-0.1, -0.05) is 6.58 Å². The summed E-state index contributed by atoms with van der Waals surface area (Å²) in [6.07, 6.45) is 6.33. The quantitative estimate of drug-likeness (QED) is 0.200. The molecule has 0 radical (unpaired) electrons. The molecule has 2 N–H and O–H groups in total. The predicted octanol–water partition coefficient (Wildman–Crippen LogP) is -3.22. The van der Waals surface area contributed by atoms with E-state index in [1.54, 1.807) is 25.8 Å². The first kappa shape index (κ1) is 16.2. The molecule has 90 valence electrons. The lowest BCUT2D eigenvalue weighted by atomic mass is 10.3. The van der Waals surface area contributed by atoms with Crippen molar-refractivity contribution in [3.63, 3.8) is 0 Å². The van der Waals surface area contributed by atoms with Gasteiger partial charge in [0.2, 0.25) is 0 Å². The van der Waals surface area contributed by atoms with E-state index in [-0.39, 0.29) is 24.0 Å². The maximum atomic E-state index is 4.07. The topological polar surface area (TPSA) is 63.1 Å². The van der Waals surface area contributed by atoms with Crippen molar-refractivity contribution in [2.24, 2.45) is 15.0 Å². The van der Waals surface area contributed by atoms with Crippen LogP contribution in [-0.2, 0) is 0 Å². The third-order valence-corrected chi connectivity index (χ3v) is 2.40. The minimum Gasteiger partial charge on any atom is -1.00 e. The first-order chi connectivity index (χ1) is 7.79. The van der Waals surface area contributed by atoms with E-state index in [1.165, 1.54) is 6.20 Å². The van der Waals surface area contributed by atoms with Crippen LogP contribution in [0.25, 0.3) is 0 Å². The van der Waals surface area contributed by atoms with Crippen molar-refractivity contribution in [1.29, 1.82) is 0 Å². The highest BCUT2D eigenvalue weighted by atomic mass is 127. The van der Waals surface area contributed by atoms with Gasteiger partial charge in [-0.15, -0.1) is 0 Å². The van der Waals surface area contributed by atoms with Crippen molar-refractivity contribution < 1.29 is 29.0 Å². The van der Waals surface area contributed by atoms with E-state index >= 15 is 0 Å². The summed E-state index contributed by atoms with van der Waals surface area (Å²) in [6, 6.07) is 0. The number of rotatable bonds is 3. The van der Waals surface area contributed by atoms with Crippen LogP contribution in [0.4, 0.5) is 0 Å². The molecule has 0 aliphatic carbocycles. The van der Waals surface area contributed by atoms with Gasteiger partial charge in [0.25, 0.3) is 5.84 Å². The summed E-state index contributed by atoms with van der Waals surface area (Å²) < 4.78 is 0.774. The van der Waals surface area contributed by atoms with Crippen LogP contribution in [0.1, 0.15) is 0 Å². The number of hydrogen-bond acceptors (Lipinski definition) is 3. The van der Waals surface area contributed by atoms with Crippen molar-refractivity contribution >= 4 is 46.8 Å². The fraction of sp³-hybridized carbons (Fsp3) is 0.100. The van der Waals surface area contributed by atoms with Crippen LogP contribution in [0.15, 0.2) is 43.2 Å². The molecule has 0 fully saturated rings. The standard InChI is InChI=1S/C10H10IN5.HI/c1-3-14-10(16-7-12-2)8-6-13-4-5-15-9(8)11;/h3-4,6-7H,1H2,2H3,(H,12,14,16);1H. The summed E-state index contributed by atoms with van der Waals surface area (Å²) in [5, 5.41) is 2.99. The molecule has 0 aromatic carbocycles. The first-order valence-corrected chi connectivity index (χ1v) is 5.50. The fourth-order valence-electron chi connectivity index (χ4n) is 0.940. The van der Waals surface area contributed by atoms with Gasteiger partial charge in [-0.3, -0.25) is 9.98 Å². The summed E-state index contributed by atoms with van der Waals surface area (Å²) in [6.45, 7) is 3.61. The van der Waals surface area contributed by atoms with Gasteiger partial charge in [-0.05, 0) is 22.6 Å². The Morgan fingerprint density at radius 3 is 3.12 bits per heavy atom. The number of hydrogen-bond donors (Lipinski definition) is 2. The van der Waals surface area contributed by atoms with Crippen LogP contribution < -0.4 is 34.3 Å². The smallest absolute Gasteiger partial charge is 0.289 e. The average Bonchev–Trinajstić information content (AvgIpc) is 2.49. The summed E-state index contributed by atoms with van der Waals surface area (Å²) in [5.74, 6) is 3.41. The molecule has 0 unspecified atom stereocenters. The van der Waals surface area contributed by atoms with E-state index in [1.807, 2.05) is 0 Å². The Balaban J connectivity index is 0.00000256. The fourth-order valence-corrected chi connectivity index (χ4v) is 1.49. The highest BCUT2D eigenvalue weighted by Crippen LogP contribution is 2.13. The van der Waals surface area contributed by atoms with E-state index in [2.05, 4.69) is 60.3 Å². The van der Waals surface area contributed by atoms with Crippen molar-refractivity contribution in [2.75, 3.05) is 7.05 Å². The molecule has 0 atom stereocenters. The van der Waals surface area contributed by atoms with E-state index in [9.17, 15) is 0 Å². The van der Waals surface area contributed by atoms with E-state index in [0.29, 0.717) is 0 Å². The Labute approximate surface area is 130 Å². The molecule has 0 aromatic heterocycles. The van der Waals surface area contributed by atoms with Gasteiger partial charge in [0.05, 0.1) is 12.4 Å². The minimum absolute atomic E-state index is 0. The average molecular weight is 455 g/mol. The van der Waals surface area contributed by atoms with Gasteiger partial charge in [-0.25, -0.2) is 10.3 Å². The third kappa shape index (κ3) is 5.37. The van der Waals surface area contributed by atoms with Gasteiger partial charge < -0.3 is 24.0 Å². The van der Waals surface area contributed by atoms with Crippen molar-refractivity contribution in [3.8, 4) is 0 Å². The molecule has 1 aliphatic heterocycles. The lowest BCUT2D eigenvalue weighted by molar-refractivity contribution is -0.373. The molecule has 1 aliphatic rings. The highest BCUT2D eigenvalue weighted by Gasteiger charge is 2.15. The monoisotopic (exact) mass is 455 g/mol. The molecule has 0 spiro atoms. The third-order valence-electron chi connectivity index (χ3n) is 1.57. The van der Waals surface area contributed by atoms with Crippen LogP contribution >= 0.6 is 22.6 Å². The summed E-state index contributed by atoms with van der Waals surface area (Å²) >= 11 is 2.11. The molecule has 17 heavy (non-hydrogen) atoms. The zero-order valence-electron chi connectivity index (χ0n) is 9.11. The van der Waals surface area contributed by atoms with Gasteiger partial charge in [-0.2, -0.15) is 4.99 Å². The highest BCUT2D eigenvalue weighted by molar-refractivity contribution is 14.1. The molecule has 0 saturated heterocycles. The van der Waals surface area contributed by atoms with Crippen molar-refractivity contribution in [3.05, 3.63) is 28.3 Å². The minimum atomic E-state index is 0. The molecule has 0 saturated carbocycles. The van der Waals surface area contributed by atoms with Crippen LogP contribution in [0, 0.1) is 0 Å². The lowest BCUT2D eigenvalue weighted by Crippen LogP contribution is -3.00. The van der Waals surface area contributed by atoms with Gasteiger partial charge in [0, 0.05) is 19.1 Å². The molecule has 1 heterocycles. The number of halogens is 2. The van der Waals surface area contributed by atoms with Crippen molar-refractivity contribution in [1.82, 2.24) is 5.32 Å². The molecule has 0 bridgehead atoms. The maximum absolute atomic E-state index is 4.07. The van der Waals surface area contributed by atoms with E-state index < -0.39 is 0 Å². The first-order valence-electron chi connectivity index (χ1n) is 4.42. The van der Waals surface area contributed by atoms with Crippen LogP contribution in [0.5, 0.6) is 0 Å². The SMILES string of the molecule is C=C[NH+]=C(NC=NC)C1=C(I)N=C=CN=C1.[I-]. The molecule has 1 rings (SSSR count). The normalized spacial score (nSPS) is 14.8. The summed E-state index contributed by atoms with van der Waals surface area (Å²) in [7, 11) is 1.68. The van der Waals surface area contributed by atoms with E-state index in [0.717, 1.165) is 15.1 Å². The molecular formula is C10H11I2N5. The molecule has 0 amide bonds. The molecular weight excluding hydrogens is 444 g/mol. The van der Waals surface area contributed by atoms with Crippen LogP contribution in [-0.4, -0.2) is 31.3 Å². The van der Waals surface area contributed by atoms with Crippen LogP contribution in [0.2, 0.25) is 0 Å². The Hall–Kier alpha value is -0.800. The summed E-state index contributed by atoms with van der Waals surface area (Å²) in [4.78, 5) is 14.9. The maximum Gasteiger partial charge on any atom is 0.289 e. The zero-order valence-corrected chi connectivity index (χ0v) is 13.4. The Morgan fingerprint density at radius 2 is 2.47 bits per heavy atom. The second kappa shape index (κ2) is 9.25. The van der Waals surface area contributed by atoms with Crippen molar-refractivity contribution in [2.45, 2.75) is 0 Å². The number of amidine groups is 1. The second-order valence-electron chi connectivity index (χ2n) is 2.61. The molecule has 0 aromatic rings. The van der Waals surface area contributed by atoms with Gasteiger partial charge >= 0.3 is 0 Å². The lowest BCUT2D eigenvalue weighted by Gasteiger charge is -1.98. The molecule has 7 heteroatoms. The number of aliphatic imine (C=N–C) groups is 3. The summed E-state index contributed by atoms with van der Waals surface area (Å²) in [5.41, 5.74) is 0.821. The van der Waals surface area contributed by atoms with Gasteiger partial charge in [0.1, 0.15) is 9.28 Å². The van der Waals surface area contributed by atoms with Crippen LogP contribution in [0.3, 0.4) is 0 Å². The number of nitrogens with zero attached hydrogens (tertiary/aromatic N) is 3. The second-order valence-corrected chi connectivity index (χ2v) is 3.63. The van der Waals surface area contributed by atoms with Gasteiger partial charge in [0.15, 0.2) is 6.34 Å². The largest absolute Gasteiger partial charge is 1.00 e. The van der Waals surface area contributed by atoms with E-state index in [4.69, 9.17) is 0 Å². The zero-order chi connectivity index (χ0) is 11.8. The molecule has 5 nitrogen and oxygen atoms in total. The number of nitrogens with one attached hydrogen (secondary N) is 2. The predicted molar refractivity (Wildman–Crippen MR) is 75.3 cm³/mol.